The number of benzene rings is 2. The molecule has 0 saturated carbocycles. The highest BCUT2D eigenvalue weighted by molar-refractivity contribution is 7.92. The molecular weight excluding hydrogens is 412 g/mol. The van der Waals surface area contributed by atoms with Crippen molar-refractivity contribution in [1.29, 1.82) is 0 Å². The van der Waals surface area contributed by atoms with E-state index in [0.717, 1.165) is 36.8 Å². The summed E-state index contributed by atoms with van der Waals surface area (Å²) in [7, 11) is -3.72. The molecule has 0 unspecified atom stereocenters. The lowest BCUT2D eigenvalue weighted by atomic mass is 9.91. The maximum absolute atomic E-state index is 12.9. The van der Waals surface area contributed by atoms with Gasteiger partial charge in [-0.15, -0.1) is 0 Å². The summed E-state index contributed by atoms with van der Waals surface area (Å²) in [6.07, 6.45) is 7.40. The summed E-state index contributed by atoms with van der Waals surface area (Å²) in [5, 5.41) is 5.43. The van der Waals surface area contributed by atoms with Crippen LogP contribution in [0, 0.1) is 0 Å². The summed E-state index contributed by atoms with van der Waals surface area (Å²) >= 11 is 0. The van der Waals surface area contributed by atoms with Crippen LogP contribution in [-0.2, 0) is 29.4 Å². The lowest BCUT2D eigenvalue weighted by molar-refractivity contribution is 0.251. The highest BCUT2D eigenvalue weighted by atomic mass is 32.2. The molecule has 0 aliphatic heterocycles. The molecule has 0 saturated heterocycles. The van der Waals surface area contributed by atoms with Crippen molar-refractivity contribution < 1.29 is 13.2 Å². The van der Waals surface area contributed by atoms with Gasteiger partial charge in [-0.2, -0.15) is 0 Å². The first kappa shape index (κ1) is 20.9. The Morgan fingerprint density at radius 1 is 0.968 bits per heavy atom. The summed E-state index contributed by atoms with van der Waals surface area (Å²) < 4.78 is 28.5. The predicted octanol–water partition coefficient (Wildman–Crippen LogP) is 4.08. The van der Waals surface area contributed by atoms with Gasteiger partial charge in [-0.05, 0) is 78.8 Å². The number of fused-ring (bicyclic) bond motifs is 1. The van der Waals surface area contributed by atoms with Gasteiger partial charge in [0.25, 0.3) is 10.0 Å². The Bertz CT molecular complexity index is 1160. The monoisotopic (exact) mass is 436 g/mol. The van der Waals surface area contributed by atoms with Gasteiger partial charge in [-0.25, -0.2) is 13.2 Å². The van der Waals surface area contributed by atoms with E-state index >= 15 is 0 Å². The molecule has 3 N–H and O–H groups in total. The zero-order valence-corrected chi connectivity index (χ0v) is 17.8. The lowest BCUT2D eigenvalue weighted by Gasteiger charge is -2.20. The van der Waals surface area contributed by atoms with Gasteiger partial charge in [0.2, 0.25) is 0 Å². The minimum atomic E-state index is -3.72. The van der Waals surface area contributed by atoms with Crippen molar-refractivity contribution in [3.8, 4) is 0 Å². The Labute approximate surface area is 182 Å². The Hall–Kier alpha value is -3.39. The summed E-state index contributed by atoms with van der Waals surface area (Å²) in [6, 6.07) is 15.1. The fourth-order valence-electron chi connectivity index (χ4n) is 3.66. The summed E-state index contributed by atoms with van der Waals surface area (Å²) in [5.41, 5.74) is 4.33. The van der Waals surface area contributed by atoms with Gasteiger partial charge < -0.3 is 10.6 Å². The molecule has 4 rings (SSSR count). The molecule has 7 nitrogen and oxygen atoms in total. The second kappa shape index (κ2) is 9.18. The van der Waals surface area contributed by atoms with Crippen LogP contribution in [0.15, 0.2) is 71.9 Å². The van der Waals surface area contributed by atoms with Crippen molar-refractivity contribution in [1.82, 2.24) is 10.3 Å². The number of aryl methyl sites for hydroxylation is 1. The topological polar surface area (TPSA) is 100 Å². The van der Waals surface area contributed by atoms with Crippen molar-refractivity contribution in [3.05, 3.63) is 83.7 Å². The Morgan fingerprint density at radius 3 is 2.55 bits per heavy atom. The number of rotatable bonds is 6. The first-order valence-corrected chi connectivity index (χ1v) is 11.7. The van der Waals surface area contributed by atoms with Gasteiger partial charge in [-0.3, -0.25) is 9.71 Å². The normalized spacial score (nSPS) is 13.2. The smallest absolute Gasteiger partial charge is 0.319 e. The van der Waals surface area contributed by atoms with E-state index in [4.69, 9.17) is 0 Å². The number of carbonyl (C=O) groups is 1. The van der Waals surface area contributed by atoms with Gasteiger partial charge in [0.05, 0.1) is 10.6 Å². The third kappa shape index (κ3) is 5.21. The number of carbonyl (C=O) groups excluding carboxylic acids is 1. The van der Waals surface area contributed by atoms with E-state index in [1.54, 1.807) is 30.6 Å². The fourth-order valence-corrected chi connectivity index (χ4v) is 4.75. The van der Waals surface area contributed by atoms with Crippen LogP contribution in [-0.4, -0.2) is 19.4 Å². The van der Waals surface area contributed by atoms with Gasteiger partial charge in [-0.1, -0.05) is 18.2 Å². The van der Waals surface area contributed by atoms with E-state index in [2.05, 4.69) is 26.4 Å². The molecule has 0 radical (unpaired) electrons. The third-order valence-electron chi connectivity index (χ3n) is 5.24. The number of sulfonamides is 1. The molecule has 8 heteroatoms. The quantitative estimate of drug-likeness (QED) is 0.542. The molecule has 2 amide bonds. The number of anilines is 2. The van der Waals surface area contributed by atoms with E-state index in [9.17, 15) is 13.2 Å². The van der Waals surface area contributed by atoms with Crippen LogP contribution in [0.3, 0.4) is 0 Å². The largest absolute Gasteiger partial charge is 0.334 e. The number of nitrogens with zero attached hydrogens (tertiary/aromatic N) is 1. The average Bonchev–Trinajstić information content (AvgIpc) is 2.79. The van der Waals surface area contributed by atoms with Crippen LogP contribution >= 0.6 is 0 Å². The van der Waals surface area contributed by atoms with Crippen molar-refractivity contribution in [2.75, 3.05) is 10.0 Å². The van der Waals surface area contributed by atoms with Crippen LogP contribution in [0.2, 0.25) is 0 Å². The van der Waals surface area contributed by atoms with Gasteiger partial charge in [0.15, 0.2) is 0 Å². The molecule has 0 fully saturated rings. The molecule has 1 heterocycles. The van der Waals surface area contributed by atoms with Crippen LogP contribution < -0.4 is 15.4 Å². The maximum Gasteiger partial charge on any atom is 0.319 e. The first-order chi connectivity index (χ1) is 15.0. The molecule has 0 atom stereocenters. The molecule has 1 aliphatic carbocycles. The zero-order valence-electron chi connectivity index (χ0n) is 17.0. The van der Waals surface area contributed by atoms with E-state index in [0.29, 0.717) is 17.9 Å². The Morgan fingerprint density at radius 2 is 1.77 bits per heavy atom. The number of pyridine rings is 1. The van der Waals surface area contributed by atoms with Crippen molar-refractivity contribution in [2.24, 2.45) is 0 Å². The van der Waals surface area contributed by atoms with Crippen LogP contribution in [0.4, 0.5) is 16.2 Å². The number of hydrogen-bond acceptors (Lipinski definition) is 4. The van der Waals surface area contributed by atoms with Crippen molar-refractivity contribution >= 4 is 27.4 Å². The van der Waals surface area contributed by atoms with Gasteiger partial charge >= 0.3 is 6.03 Å². The minimum absolute atomic E-state index is 0.141. The van der Waals surface area contributed by atoms with Crippen LogP contribution in [0.25, 0.3) is 0 Å². The molecule has 3 aromatic rings. The minimum Gasteiger partial charge on any atom is -0.334 e. The molecule has 160 valence electrons. The highest BCUT2D eigenvalue weighted by Gasteiger charge is 2.19. The van der Waals surface area contributed by atoms with E-state index in [-0.39, 0.29) is 10.9 Å². The van der Waals surface area contributed by atoms with Crippen LogP contribution in [0.5, 0.6) is 0 Å². The maximum atomic E-state index is 12.9. The predicted molar refractivity (Wildman–Crippen MR) is 120 cm³/mol. The summed E-state index contributed by atoms with van der Waals surface area (Å²) in [4.78, 5) is 16.2. The SMILES string of the molecule is O=C(NCc1cccnc1)Nc1ccc(S(=O)(=O)Nc2cccc3c2CCCC3)cc1. The molecule has 1 aromatic heterocycles. The lowest BCUT2D eigenvalue weighted by Crippen LogP contribution is -2.28. The Kier molecular flexibility index (Phi) is 6.18. The summed E-state index contributed by atoms with van der Waals surface area (Å²) in [5.74, 6) is 0. The van der Waals surface area contributed by atoms with Gasteiger partial charge in [0, 0.05) is 24.6 Å². The van der Waals surface area contributed by atoms with E-state index in [1.807, 2.05) is 18.2 Å². The van der Waals surface area contributed by atoms with E-state index in [1.165, 1.54) is 17.7 Å². The third-order valence-corrected chi connectivity index (χ3v) is 6.62. The van der Waals surface area contributed by atoms with Crippen LogP contribution in [0.1, 0.15) is 29.5 Å². The van der Waals surface area contributed by atoms with E-state index < -0.39 is 10.0 Å². The zero-order chi connectivity index (χ0) is 21.7. The standard InChI is InChI=1S/C23H24N4O3S/c28-23(25-16-17-5-4-14-24-15-17)26-19-10-12-20(13-11-19)31(29,30)27-22-9-3-7-18-6-1-2-8-21(18)22/h3-5,7,9-15,27H,1-2,6,8,16H2,(H2,25,26,28). The number of aromatic nitrogens is 1. The molecule has 2 aromatic carbocycles. The molecule has 31 heavy (non-hydrogen) atoms. The van der Waals surface area contributed by atoms with Gasteiger partial charge in [0.1, 0.15) is 0 Å². The number of amides is 2. The second-order valence-corrected chi connectivity index (χ2v) is 9.13. The number of urea groups is 1. The van der Waals surface area contributed by atoms with Crippen molar-refractivity contribution in [3.63, 3.8) is 0 Å². The highest BCUT2D eigenvalue weighted by Crippen LogP contribution is 2.29. The fraction of sp³-hybridized carbons (Fsp3) is 0.217. The first-order valence-electron chi connectivity index (χ1n) is 10.2. The average molecular weight is 437 g/mol. The number of nitrogens with one attached hydrogen (secondary N) is 3. The molecule has 0 bridgehead atoms. The van der Waals surface area contributed by atoms with Crippen molar-refractivity contribution in [2.45, 2.75) is 37.1 Å². The molecular formula is C23H24N4O3S. The Balaban J connectivity index is 1.40. The molecule has 0 spiro atoms. The summed E-state index contributed by atoms with van der Waals surface area (Å²) in [6.45, 7) is 0.345. The molecule has 1 aliphatic rings. The number of hydrogen-bond donors (Lipinski definition) is 3. The second-order valence-electron chi connectivity index (χ2n) is 7.45.